The van der Waals surface area contributed by atoms with Gasteiger partial charge in [-0.05, 0) is 25.0 Å². The van der Waals surface area contributed by atoms with Crippen LogP contribution in [0.4, 0.5) is 4.79 Å². The van der Waals surface area contributed by atoms with E-state index in [4.69, 9.17) is 16.7 Å². The Balaban J connectivity index is 2.10. The molecule has 1 heterocycles. The fourth-order valence-corrected chi connectivity index (χ4v) is 2.46. The van der Waals surface area contributed by atoms with Gasteiger partial charge < -0.3 is 15.7 Å². The van der Waals surface area contributed by atoms with Crippen LogP contribution in [0.1, 0.15) is 18.2 Å². The minimum atomic E-state index is -0.850. The summed E-state index contributed by atoms with van der Waals surface area (Å²) in [6.45, 7) is 2.49. The number of carbonyl (C=O) groups is 2. The molecule has 0 spiro atoms. The van der Waals surface area contributed by atoms with E-state index >= 15 is 0 Å². The second-order valence-electron chi connectivity index (χ2n) is 4.17. The Hall–Kier alpha value is -1.27. The molecule has 0 bridgehead atoms. The molecule has 5 nitrogen and oxygen atoms in total. The van der Waals surface area contributed by atoms with Crippen molar-refractivity contribution in [2.24, 2.45) is 5.92 Å². The molecule has 1 aromatic rings. The summed E-state index contributed by atoms with van der Waals surface area (Å²) in [4.78, 5) is 23.1. The fraction of sp³-hybridized carbons (Fsp3) is 0.500. The van der Waals surface area contributed by atoms with Gasteiger partial charge >= 0.3 is 12.0 Å². The van der Waals surface area contributed by atoms with Crippen LogP contribution in [0, 0.1) is 5.92 Å². The van der Waals surface area contributed by atoms with Gasteiger partial charge in [-0.25, -0.2) is 4.79 Å². The van der Waals surface area contributed by atoms with E-state index in [9.17, 15) is 9.59 Å². The van der Waals surface area contributed by atoms with E-state index in [0.717, 1.165) is 15.6 Å². The minimum Gasteiger partial charge on any atom is -0.481 e. The first-order valence-electron chi connectivity index (χ1n) is 5.97. The summed E-state index contributed by atoms with van der Waals surface area (Å²) >= 11 is 7.29. The van der Waals surface area contributed by atoms with Crippen LogP contribution in [0.25, 0.3) is 0 Å². The normalized spacial score (nSPS) is 11.9. The number of nitrogens with one attached hydrogen (secondary N) is 2. The summed E-state index contributed by atoms with van der Waals surface area (Å²) in [5.74, 6) is -1.30. The fourth-order valence-electron chi connectivity index (χ4n) is 1.37. The first-order valence-corrected chi connectivity index (χ1v) is 7.17. The van der Waals surface area contributed by atoms with Crippen LogP contribution in [0.2, 0.25) is 4.34 Å². The van der Waals surface area contributed by atoms with Gasteiger partial charge in [0.2, 0.25) is 0 Å². The minimum absolute atomic E-state index is 0.278. The van der Waals surface area contributed by atoms with Crippen LogP contribution in [0.3, 0.4) is 0 Å². The van der Waals surface area contributed by atoms with Crippen LogP contribution in [-0.2, 0) is 11.2 Å². The number of halogens is 1. The van der Waals surface area contributed by atoms with E-state index in [1.54, 1.807) is 6.92 Å². The number of urea groups is 1. The van der Waals surface area contributed by atoms with E-state index in [1.165, 1.54) is 11.3 Å². The van der Waals surface area contributed by atoms with E-state index in [1.807, 2.05) is 12.1 Å². The number of amides is 2. The highest BCUT2D eigenvalue weighted by molar-refractivity contribution is 7.16. The van der Waals surface area contributed by atoms with Crippen molar-refractivity contribution in [3.63, 3.8) is 0 Å². The highest BCUT2D eigenvalue weighted by atomic mass is 35.5. The maximum Gasteiger partial charge on any atom is 0.314 e. The van der Waals surface area contributed by atoms with Crippen molar-refractivity contribution in [2.45, 2.75) is 19.8 Å². The Bertz CT molecular complexity index is 436. The van der Waals surface area contributed by atoms with Crippen LogP contribution in [0.15, 0.2) is 12.1 Å². The number of hydrogen-bond acceptors (Lipinski definition) is 3. The monoisotopic (exact) mass is 304 g/mol. The molecular formula is C12H17ClN2O3S. The SMILES string of the molecule is CC(CCNC(=O)NCCc1ccc(Cl)s1)C(=O)O. The van der Waals surface area contributed by atoms with Gasteiger partial charge in [-0.1, -0.05) is 18.5 Å². The molecule has 1 rings (SSSR count). The number of carbonyl (C=O) groups excluding carboxylic acids is 1. The Kier molecular flexibility index (Phi) is 6.66. The number of rotatable bonds is 7. The predicted octanol–water partition coefficient (Wildman–Crippen LogP) is 2.35. The molecule has 1 unspecified atom stereocenters. The molecule has 1 aromatic heterocycles. The lowest BCUT2D eigenvalue weighted by molar-refractivity contribution is -0.141. The molecule has 0 aromatic carbocycles. The highest BCUT2D eigenvalue weighted by Gasteiger charge is 2.10. The van der Waals surface area contributed by atoms with Gasteiger partial charge in [0, 0.05) is 18.0 Å². The molecule has 0 aliphatic rings. The highest BCUT2D eigenvalue weighted by Crippen LogP contribution is 2.21. The number of thiophene rings is 1. The predicted molar refractivity (Wildman–Crippen MR) is 75.9 cm³/mol. The molecule has 3 N–H and O–H groups in total. The van der Waals surface area contributed by atoms with E-state index < -0.39 is 11.9 Å². The summed E-state index contributed by atoms with van der Waals surface area (Å²) in [7, 11) is 0. The summed E-state index contributed by atoms with van der Waals surface area (Å²) in [5, 5.41) is 14.0. The molecule has 2 amide bonds. The molecular weight excluding hydrogens is 288 g/mol. The van der Waals surface area contributed by atoms with Gasteiger partial charge in [0.1, 0.15) is 0 Å². The zero-order valence-corrected chi connectivity index (χ0v) is 12.2. The second kappa shape index (κ2) is 8.01. The molecule has 0 radical (unpaired) electrons. The summed E-state index contributed by atoms with van der Waals surface area (Å²) in [5.41, 5.74) is 0. The third kappa shape index (κ3) is 6.45. The summed E-state index contributed by atoms with van der Waals surface area (Å²) in [6.07, 6.45) is 1.15. The van der Waals surface area contributed by atoms with E-state index in [0.29, 0.717) is 19.5 Å². The molecule has 7 heteroatoms. The second-order valence-corrected chi connectivity index (χ2v) is 5.97. The molecule has 1 atom stereocenters. The molecule has 0 saturated carbocycles. The van der Waals surface area contributed by atoms with Gasteiger partial charge in [0.25, 0.3) is 0 Å². The Labute approximate surface area is 121 Å². The van der Waals surface area contributed by atoms with Gasteiger partial charge in [0.15, 0.2) is 0 Å². The van der Waals surface area contributed by atoms with Gasteiger partial charge in [-0.2, -0.15) is 0 Å². The third-order valence-electron chi connectivity index (χ3n) is 2.57. The Morgan fingerprint density at radius 1 is 1.37 bits per heavy atom. The standard InChI is InChI=1S/C12H17ClN2O3S/c1-8(11(16)17)4-6-14-12(18)15-7-5-9-2-3-10(13)19-9/h2-3,8H,4-7H2,1H3,(H,16,17)(H2,14,15,18). The van der Waals surface area contributed by atoms with Crippen molar-refractivity contribution in [1.82, 2.24) is 10.6 Å². The number of hydrogen-bond donors (Lipinski definition) is 3. The first-order chi connectivity index (χ1) is 8.99. The maximum atomic E-state index is 11.4. The smallest absolute Gasteiger partial charge is 0.314 e. The van der Waals surface area contributed by atoms with Crippen molar-refractivity contribution in [3.8, 4) is 0 Å². The van der Waals surface area contributed by atoms with E-state index in [2.05, 4.69) is 10.6 Å². The zero-order chi connectivity index (χ0) is 14.3. The van der Waals surface area contributed by atoms with E-state index in [-0.39, 0.29) is 6.03 Å². The molecule has 0 aliphatic heterocycles. The van der Waals surface area contributed by atoms with Crippen LogP contribution >= 0.6 is 22.9 Å². The van der Waals surface area contributed by atoms with Crippen LogP contribution in [-0.4, -0.2) is 30.2 Å². The molecule has 0 fully saturated rings. The van der Waals surface area contributed by atoms with Crippen molar-refractivity contribution in [2.75, 3.05) is 13.1 Å². The van der Waals surface area contributed by atoms with Crippen molar-refractivity contribution in [1.29, 1.82) is 0 Å². The summed E-state index contributed by atoms with van der Waals surface area (Å²) in [6, 6.07) is 3.48. The maximum absolute atomic E-state index is 11.4. The average molecular weight is 305 g/mol. The average Bonchev–Trinajstić information content (AvgIpc) is 2.74. The summed E-state index contributed by atoms with van der Waals surface area (Å²) < 4.78 is 0.738. The van der Waals surface area contributed by atoms with Crippen molar-refractivity contribution in [3.05, 3.63) is 21.3 Å². The van der Waals surface area contributed by atoms with Gasteiger partial charge in [-0.3, -0.25) is 4.79 Å². The number of aliphatic carboxylic acids is 1. The topological polar surface area (TPSA) is 78.4 Å². The quantitative estimate of drug-likeness (QED) is 0.723. The Morgan fingerprint density at radius 3 is 2.63 bits per heavy atom. The van der Waals surface area contributed by atoms with Crippen LogP contribution < -0.4 is 10.6 Å². The lowest BCUT2D eigenvalue weighted by Crippen LogP contribution is -2.37. The lowest BCUT2D eigenvalue weighted by atomic mass is 10.1. The molecule has 106 valence electrons. The van der Waals surface area contributed by atoms with Crippen molar-refractivity contribution >= 4 is 34.9 Å². The molecule has 0 aliphatic carbocycles. The zero-order valence-electron chi connectivity index (χ0n) is 10.6. The Morgan fingerprint density at radius 2 is 2.05 bits per heavy atom. The van der Waals surface area contributed by atoms with Crippen molar-refractivity contribution < 1.29 is 14.7 Å². The van der Waals surface area contributed by atoms with Gasteiger partial charge in [-0.15, -0.1) is 11.3 Å². The largest absolute Gasteiger partial charge is 0.481 e. The first kappa shape index (κ1) is 15.8. The molecule has 0 saturated heterocycles. The van der Waals surface area contributed by atoms with Gasteiger partial charge in [0.05, 0.1) is 10.3 Å². The molecule has 19 heavy (non-hydrogen) atoms. The lowest BCUT2D eigenvalue weighted by Gasteiger charge is -2.08. The number of carboxylic acid groups (broad SMARTS) is 1. The third-order valence-corrected chi connectivity index (χ3v) is 3.86. The van der Waals surface area contributed by atoms with Crippen LogP contribution in [0.5, 0.6) is 0 Å². The number of carboxylic acids is 1.